The molecule has 2 aliphatic rings. The van der Waals surface area contributed by atoms with Crippen molar-refractivity contribution < 1.29 is 14.7 Å². The van der Waals surface area contributed by atoms with Gasteiger partial charge >= 0.3 is 5.97 Å². The van der Waals surface area contributed by atoms with E-state index in [1.807, 2.05) is 4.90 Å². The molecule has 0 saturated heterocycles. The number of aromatic nitrogens is 4. The number of amides is 1. The number of nitrogens with one attached hydrogen (secondary N) is 1. The molecule has 0 aromatic carbocycles. The van der Waals surface area contributed by atoms with Crippen LogP contribution < -0.4 is 5.32 Å². The lowest BCUT2D eigenvalue weighted by Gasteiger charge is -2.42. The Morgan fingerprint density at radius 1 is 1.36 bits per heavy atom. The Morgan fingerprint density at radius 3 is 2.73 bits per heavy atom. The van der Waals surface area contributed by atoms with Gasteiger partial charge < -0.3 is 10.4 Å². The smallest absolute Gasteiger partial charge is 0.317 e. The first-order valence-corrected chi connectivity index (χ1v) is 7.56. The zero-order valence-electron chi connectivity index (χ0n) is 12.3. The Morgan fingerprint density at radius 2 is 2.14 bits per heavy atom. The van der Waals surface area contributed by atoms with Crippen molar-refractivity contribution in [1.82, 2.24) is 30.4 Å². The first kappa shape index (κ1) is 14.9. The van der Waals surface area contributed by atoms with Crippen molar-refractivity contribution in [1.29, 1.82) is 0 Å². The summed E-state index contributed by atoms with van der Waals surface area (Å²) >= 11 is 0. The summed E-state index contributed by atoms with van der Waals surface area (Å²) in [5, 5.41) is 22.5. The van der Waals surface area contributed by atoms with Gasteiger partial charge in [-0.05, 0) is 42.0 Å². The lowest BCUT2D eigenvalue weighted by atomic mass is 9.85. The summed E-state index contributed by atoms with van der Waals surface area (Å²) in [5.74, 6) is -0.248. The molecule has 0 aliphatic heterocycles. The van der Waals surface area contributed by atoms with Gasteiger partial charge in [-0.3, -0.25) is 14.5 Å². The molecular weight excluding hydrogens is 288 g/mol. The Kier molecular flexibility index (Phi) is 4.32. The molecule has 22 heavy (non-hydrogen) atoms. The number of tetrazole rings is 1. The molecule has 0 atom stereocenters. The van der Waals surface area contributed by atoms with Gasteiger partial charge in [-0.15, -0.1) is 5.10 Å². The van der Waals surface area contributed by atoms with Crippen molar-refractivity contribution in [3.8, 4) is 0 Å². The number of carbonyl (C=O) groups is 2. The average molecular weight is 308 g/mol. The van der Waals surface area contributed by atoms with E-state index in [2.05, 4.69) is 20.8 Å². The Balaban J connectivity index is 1.41. The molecule has 3 rings (SSSR count). The normalized spacial score (nSPS) is 24.0. The van der Waals surface area contributed by atoms with E-state index >= 15 is 0 Å². The highest BCUT2D eigenvalue weighted by Gasteiger charge is 2.37. The number of hydrogen-bond acceptors (Lipinski definition) is 6. The van der Waals surface area contributed by atoms with E-state index in [1.54, 1.807) is 0 Å². The van der Waals surface area contributed by atoms with Crippen molar-refractivity contribution >= 4 is 11.9 Å². The summed E-state index contributed by atoms with van der Waals surface area (Å²) in [6.45, 7) is 1.06. The van der Waals surface area contributed by atoms with Gasteiger partial charge in [0.1, 0.15) is 12.9 Å². The molecule has 1 aromatic rings. The average Bonchev–Trinajstić information content (AvgIpc) is 3.07. The standard InChI is InChI=1S/C13H20N6O3/c20-12(6-19-8-14-16-17-19)15-10-3-11(4-10)18(7-13(21)22)5-9-1-2-9/h8-11H,1-7H2,(H,15,20)(H,21,22). The van der Waals surface area contributed by atoms with Crippen molar-refractivity contribution in [3.63, 3.8) is 0 Å². The van der Waals surface area contributed by atoms with Crippen LogP contribution in [-0.2, 0) is 16.1 Å². The first-order valence-electron chi connectivity index (χ1n) is 7.56. The number of carboxylic acids is 1. The minimum absolute atomic E-state index is 0.0897. The van der Waals surface area contributed by atoms with Gasteiger partial charge in [0.05, 0.1) is 6.54 Å². The highest BCUT2D eigenvalue weighted by molar-refractivity contribution is 5.76. The Labute approximate surface area is 127 Å². The highest BCUT2D eigenvalue weighted by Crippen LogP contribution is 2.33. The highest BCUT2D eigenvalue weighted by atomic mass is 16.4. The second kappa shape index (κ2) is 6.39. The summed E-state index contributed by atoms with van der Waals surface area (Å²) < 4.78 is 1.37. The van der Waals surface area contributed by atoms with Crippen molar-refractivity contribution in [3.05, 3.63) is 6.33 Å². The second-order valence-electron chi connectivity index (χ2n) is 6.16. The predicted octanol–water partition coefficient (Wildman–Crippen LogP) is -0.883. The number of carboxylic acid groups (broad SMARTS) is 1. The summed E-state index contributed by atoms with van der Waals surface area (Å²) in [5.41, 5.74) is 0. The van der Waals surface area contributed by atoms with Crippen LogP contribution in [0.2, 0.25) is 0 Å². The van der Waals surface area contributed by atoms with Crippen LogP contribution in [0.25, 0.3) is 0 Å². The van der Waals surface area contributed by atoms with Crippen LogP contribution in [0, 0.1) is 5.92 Å². The minimum atomic E-state index is -0.785. The molecule has 0 radical (unpaired) electrons. The number of carbonyl (C=O) groups excluding carboxylic acids is 1. The third kappa shape index (κ3) is 4.00. The third-order valence-corrected chi connectivity index (χ3v) is 4.22. The van der Waals surface area contributed by atoms with E-state index < -0.39 is 5.97 Å². The zero-order valence-corrected chi connectivity index (χ0v) is 12.3. The van der Waals surface area contributed by atoms with Crippen LogP contribution in [0.15, 0.2) is 6.33 Å². The van der Waals surface area contributed by atoms with Crippen LogP contribution in [0.1, 0.15) is 25.7 Å². The van der Waals surface area contributed by atoms with Gasteiger partial charge in [0.25, 0.3) is 0 Å². The lowest BCUT2D eigenvalue weighted by Crippen LogP contribution is -2.55. The molecule has 0 bridgehead atoms. The third-order valence-electron chi connectivity index (χ3n) is 4.22. The van der Waals surface area contributed by atoms with Gasteiger partial charge in [0.15, 0.2) is 0 Å². The van der Waals surface area contributed by atoms with Crippen molar-refractivity contribution in [2.24, 2.45) is 5.92 Å². The van der Waals surface area contributed by atoms with Crippen LogP contribution in [-0.4, -0.2) is 67.3 Å². The van der Waals surface area contributed by atoms with E-state index in [9.17, 15) is 9.59 Å². The molecule has 2 aliphatic carbocycles. The maximum Gasteiger partial charge on any atom is 0.317 e. The van der Waals surface area contributed by atoms with Gasteiger partial charge in [0.2, 0.25) is 5.91 Å². The van der Waals surface area contributed by atoms with Gasteiger partial charge in [-0.1, -0.05) is 0 Å². The van der Waals surface area contributed by atoms with Crippen molar-refractivity contribution in [2.75, 3.05) is 13.1 Å². The molecule has 1 heterocycles. The summed E-state index contributed by atoms with van der Waals surface area (Å²) in [6, 6.07) is 0.375. The first-order chi connectivity index (χ1) is 10.6. The SMILES string of the molecule is O=C(O)CN(CC1CC1)C1CC(NC(=O)Cn2cnnn2)C1. The van der Waals surface area contributed by atoms with E-state index in [0.717, 1.165) is 19.4 Å². The van der Waals surface area contributed by atoms with Gasteiger partial charge in [0, 0.05) is 18.6 Å². The topological polar surface area (TPSA) is 113 Å². The van der Waals surface area contributed by atoms with Crippen molar-refractivity contribution in [2.45, 2.75) is 44.3 Å². The predicted molar refractivity (Wildman–Crippen MR) is 74.7 cm³/mol. The summed E-state index contributed by atoms with van der Waals surface area (Å²) in [7, 11) is 0. The summed E-state index contributed by atoms with van der Waals surface area (Å²) in [4.78, 5) is 24.8. The maximum absolute atomic E-state index is 11.8. The molecule has 0 spiro atoms. The molecule has 1 aromatic heterocycles. The number of aliphatic carboxylic acids is 1. The Hall–Kier alpha value is -2.03. The van der Waals surface area contributed by atoms with E-state index in [1.165, 1.54) is 23.9 Å². The molecule has 2 saturated carbocycles. The molecular formula is C13H20N6O3. The zero-order chi connectivity index (χ0) is 15.5. The second-order valence-corrected chi connectivity index (χ2v) is 6.16. The number of nitrogens with zero attached hydrogens (tertiary/aromatic N) is 5. The molecule has 2 fully saturated rings. The monoisotopic (exact) mass is 308 g/mol. The van der Waals surface area contributed by atoms with Crippen LogP contribution in [0.4, 0.5) is 0 Å². The summed E-state index contributed by atoms with van der Waals surface area (Å²) in [6.07, 6.45) is 5.42. The largest absolute Gasteiger partial charge is 0.480 e. The molecule has 9 heteroatoms. The van der Waals surface area contributed by atoms with E-state index in [-0.39, 0.29) is 31.1 Å². The number of rotatable bonds is 8. The fourth-order valence-corrected chi connectivity index (χ4v) is 2.83. The maximum atomic E-state index is 11.8. The fraction of sp³-hybridized carbons (Fsp3) is 0.769. The lowest BCUT2D eigenvalue weighted by molar-refractivity contribution is -0.140. The minimum Gasteiger partial charge on any atom is -0.480 e. The van der Waals surface area contributed by atoms with Gasteiger partial charge in [-0.25, -0.2) is 4.68 Å². The fourth-order valence-electron chi connectivity index (χ4n) is 2.83. The van der Waals surface area contributed by atoms with Gasteiger partial charge in [-0.2, -0.15) is 0 Å². The van der Waals surface area contributed by atoms with Crippen LogP contribution in [0.3, 0.4) is 0 Å². The molecule has 120 valence electrons. The molecule has 9 nitrogen and oxygen atoms in total. The quantitative estimate of drug-likeness (QED) is 0.641. The Bertz CT molecular complexity index is 524. The molecule has 1 amide bonds. The van der Waals surface area contributed by atoms with Crippen LogP contribution >= 0.6 is 0 Å². The van der Waals surface area contributed by atoms with Crippen LogP contribution in [0.5, 0.6) is 0 Å². The number of hydrogen-bond donors (Lipinski definition) is 2. The van der Waals surface area contributed by atoms with E-state index in [4.69, 9.17) is 5.11 Å². The van der Waals surface area contributed by atoms with E-state index in [0.29, 0.717) is 5.92 Å². The molecule has 0 unspecified atom stereocenters. The molecule has 2 N–H and O–H groups in total.